The molecule has 0 N–H and O–H groups in total. The lowest BCUT2D eigenvalue weighted by Crippen LogP contribution is -2.55. The Morgan fingerprint density at radius 2 is 1.68 bits per heavy atom. The van der Waals surface area contributed by atoms with Crippen molar-refractivity contribution in [1.82, 2.24) is 9.80 Å². The third-order valence-corrected chi connectivity index (χ3v) is 6.35. The van der Waals surface area contributed by atoms with Crippen LogP contribution in [0.25, 0.3) is 0 Å². The third kappa shape index (κ3) is 4.34. The van der Waals surface area contributed by atoms with Crippen LogP contribution in [0.4, 0.5) is 5.69 Å². The highest BCUT2D eigenvalue weighted by molar-refractivity contribution is 5.53. The van der Waals surface area contributed by atoms with Crippen LogP contribution in [0.1, 0.15) is 24.0 Å². The second kappa shape index (κ2) is 8.97. The molecule has 0 amide bonds. The normalized spacial score (nSPS) is 21.6. The van der Waals surface area contributed by atoms with E-state index in [4.69, 9.17) is 4.74 Å². The fourth-order valence-corrected chi connectivity index (χ4v) is 4.79. The van der Waals surface area contributed by atoms with Crippen LogP contribution < -0.4 is 9.64 Å². The number of hydrogen-bond donors (Lipinski definition) is 0. The molecule has 2 aliphatic heterocycles. The Bertz CT molecular complexity index is 770. The van der Waals surface area contributed by atoms with Gasteiger partial charge in [-0.3, -0.25) is 9.80 Å². The number of para-hydroxylation sites is 2. The third-order valence-electron chi connectivity index (χ3n) is 6.35. The zero-order valence-corrected chi connectivity index (χ0v) is 17.3. The summed E-state index contributed by atoms with van der Waals surface area (Å²) in [5, 5.41) is 0. The van der Waals surface area contributed by atoms with Crippen molar-refractivity contribution in [3.63, 3.8) is 0 Å². The van der Waals surface area contributed by atoms with E-state index in [1.807, 2.05) is 0 Å². The molecule has 4 nitrogen and oxygen atoms in total. The molecule has 0 unspecified atom stereocenters. The highest BCUT2D eigenvalue weighted by Crippen LogP contribution is 2.25. The van der Waals surface area contributed by atoms with Gasteiger partial charge >= 0.3 is 0 Å². The van der Waals surface area contributed by atoms with Crippen molar-refractivity contribution < 1.29 is 4.74 Å². The first-order valence-corrected chi connectivity index (χ1v) is 10.6. The quantitative estimate of drug-likeness (QED) is 0.787. The van der Waals surface area contributed by atoms with Crippen LogP contribution in [0.3, 0.4) is 0 Å². The molecule has 0 aromatic heterocycles. The van der Waals surface area contributed by atoms with Crippen LogP contribution in [0.15, 0.2) is 48.5 Å². The van der Waals surface area contributed by atoms with E-state index in [1.54, 1.807) is 7.11 Å². The van der Waals surface area contributed by atoms with Gasteiger partial charge in [0.05, 0.1) is 7.11 Å². The van der Waals surface area contributed by atoms with E-state index in [1.165, 1.54) is 55.8 Å². The fourth-order valence-electron chi connectivity index (χ4n) is 4.79. The molecule has 28 heavy (non-hydrogen) atoms. The molecule has 0 aliphatic carbocycles. The molecular formula is C24H33N3O. The predicted molar refractivity (Wildman–Crippen MR) is 116 cm³/mol. The van der Waals surface area contributed by atoms with Crippen molar-refractivity contribution in [1.29, 1.82) is 0 Å². The zero-order valence-electron chi connectivity index (χ0n) is 17.3. The van der Waals surface area contributed by atoms with Gasteiger partial charge in [0.15, 0.2) is 0 Å². The maximum atomic E-state index is 5.55. The molecule has 2 aliphatic rings. The number of anilines is 1. The minimum absolute atomic E-state index is 0.683. The maximum absolute atomic E-state index is 5.55. The Morgan fingerprint density at radius 3 is 2.46 bits per heavy atom. The van der Waals surface area contributed by atoms with Gasteiger partial charge in [0.2, 0.25) is 0 Å². The second-order valence-electron chi connectivity index (χ2n) is 8.15. The van der Waals surface area contributed by atoms with E-state index in [2.05, 4.69) is 70.2 Å². The van der Waals surface area contributed by atoms with E-state index < -0.39 is 0 Å². The molecule has 2 aromatic rings. The standard InChI is InChI=1S/C24H33N3O/c1-20-8-3-5-11-23(20)27-16-14-26(15-17-27)22-10-7-13-25(19-22)18-21-9-4-6-12-24(21)28-2/h3-6,8-9,11-12,22H,7,10,13-19H2,1-2H3/t22-/m1/s1. The number of hydrogen-bond acceptors (Lipinski definition) is 4. The van der Waals surface area contributed by atoms with Crippen LogP contribution >= 0.6 is 0 Å². The first-order chi connectivity index (χ1) is 13.7. The topological polar surface area (TPSA) is 19.0 Å². The van der Waals surface area contributed by atoms with E-state index in [9.17, 15) is 0 Å². The van der Waals surface area contributed by atoms with Crippen molar-refractivity contribution in [2.45, 2.75) is 32.4 Å². The van der Waals surface area contributed by atoms with Crippen molar-refractivity contribution in [3.05, 3.63) is 59.7 Å². The van der Waals surface area contributed by atoms with Gasteiger partial charge in [0.1, 0.15) is 5.75 Å². The molecule has 1 atom stereocenters. The van der Waals surface area contributed by atoms with Gasteiger partial charge in [-0.25, -0.2) is 0 Å². The largest absolute Gasteiger partial charge is 0.496 e. The second-order valence-corrected chi connectivity index (χ2v) is 8.15. The van der Waals surface area contributed by atoms with E-state index in [0.717, 1.165) is 25.4 Å². The number of rotatable bonds is 5. The monoisotopic (exact) mass is 379 g/mol. The summed E-state index contributed by atoms with van der Waals surface area (Å²) in [5.74, 6) is 1.01. The number of benzene rings is 2. The average molecular weight is 380 g/mol. The van der Waals surface area contributed by atoms with Crippen molar-refractivity contribution in [2.24, 2.45) is 0 Å². The number of likely N-dealkylation sites (tertiary alicyclic amines) is 1. The van der Waals surface area contributed by atoms with Crippen LogP contribution in [0.5, 0.6) is 5.75 Å². The number of methoxy groups -OCH3 is 1. The summed E-state index contributed by atoms with van der Waals surface area (Å²) in [6.45, 7) is 10.2. The highest BCUT2D eigenvalue weighted by Gasteiger charge is 2.28. The Kier molecular flexibility index (Phi) is 6.18. The predicted octanol–water partition coefficient (Wildman–Crippen LogP) is 3.79. The summed E-state index contributed by atoms with van der Waals surface area (Å²) in [5.41, 5.74) is 4.09. The Hall–Kier alpha value is -2.04. The lowest BCUT2D eigenvalue weighted by atomic mass is 10.0. The highest BCUT2D eigenvalue weighted by atomic mass is 16.5. The molecule has 0 bridgehead atoms. The summed E-state index contributed by atoms with van der Waals surface area (Å²) in [6.07, 6.45) is 2.62. The van der Waals surface area contributed by atoms with E-state index in [0.29, 0.717) is 6.04 Å². The number of piperidine rings is 1. The smallest absolute Gasteiger partial charge is 0.123 e. The van der Waals surface area contributed by atoms with E-state index >= 15 is 0 Å². The average Bonchev–Trinajstić information content (AvgIpc) is 2.75. The van der Waals surface area contributed by atoms with Crippen molar-refractivity contribution in [2.75, 3.05) is 51.3 Å². The van der Waals surface area contributed by atoms with E-state index in [-0.39, 0.29) is 0 Å². The van der Waals surface area contributed by atoms with Crippen molar-refractivity contribution in [3.8, 4) is 5.75 Å². The number of nitrogens with zero attached hydrogens (tertiary/aromatic N) is 3. The van der Waals surface area contributed by atoms with Gasteiger partial charge in [-0.2, -0.15) is 0 Å². The molecule has 0 saturated carbocycles. The SMILES string of the molecule is COc1ccccc1CN1CCC[C@@H](N2CCN(c3ccccc3C)CC2)C1. The van der Waals surface area contributed by atoms with Crippen molar-refractivity contribution >= 4 is 5.69 Å². The summed E-state index contributed by atoms with van der Waals surface area (Å²) < 4.78 is 5.55. The Balaban J connectivity index is 1.33. The number of ether oxygens (including phenoxy) is 1. The summed E-state index contributed by atoms with van der Waals surface area (Å²) >= 11 is 0. The van der Waals surface area contributed by atoms with Crippen LogP contribution in [-0.2, 0) is 6.54 Å². The molecule has 2 saturated heterocycles. The van der Waals surface area contributed by atoms with Gasteiger partial charge in [-0.05, 0) is 44.0 Å². The summed E-state index contributed by atoms with van der Waals surface area (Å²) in [4.78, 5) is 7.89. The van der Waals surface area contributed by atoms with Gasteiger partial charge in [-0.15, -0.1) is 0 Å². The summed E-state index contributed by atoms with van der Waals surface area (Å²) in [6, 6.07) is 17.9. The van der Waals surface area contributed by atoms with Crippen LogP contribution in [0.2, 0.25) is 0 Å². The minimum atomic E-state index is 0.683. The molecule has 0 radical (unpaired) electrons. The zero-order chi connectivity index (χ0) is 19.3. The van der Waals surface area contributed by atoms with Gasteiger partial charge in [0, 0.05) is 56.6 Å². The first-order valence-electron chi connectivity index (χ1n) is 10.6. The van der Waals surface area contributed by atoms with Gasteiger partial charge in [-0.1, -0.05) is 36.4 Å². The Morgan fingerprint density at radius 1 is 0.929 bits per heavy atom. The van der Waals surface area contributed by atoms with Crippen LogP contribution in [-0.4, -0.2) is 62.2 Å². The molecular weight excluding hydrogens is 346 g/mol. The molecule has 150 valence electrons. The molecule has 4 heteroatoms. The lowest BCUT2D eigenvalue weighted by molar-refractivity contribution is 0.0883. The molecule has 2 heterocycles. The minimum Gasteiger partial charge on any atom is -0.496 e. The molecule has 2 aromatic carbocycles. The first kappa shape index (κ1) is 19.3. The number of aryl methyl sites for hydroxylation is 1. The van der Waals surface area contributed by atoms with Crippen LogP contribution in [0, 0.1) is 6.92 Å². The molecule has 4 rings (SSSR count). The maximum Gasteiger partial charge on any atom is 0.123 e. The Labute approximate surface area is 169 Å². The van der Waals surface area contributed by atoms with Gasteiger partial charge in [0.25, 0.3) is 0 Å². The molecule has 2 fully saturated rings. The fraction of sp³-hybridized carbons (Fsp3) is 0.500. The summed E-state index contributed by atoms with van der Waals surface area (Å²) in [7, 11) is 1.77. The number of piperazine rings is 1. The lowest BCUT2D eigenvalue weighted by Gasteiger charge is -2.44. The molecule has 0 spiro atoms. The van der Waals surface area contributed by atoms with Gasteiger partial charge < -0.3 is 9.64 Å².